The van der Waals surface area contributed by atoms with Gasteiger partial charge in [0.05, 0.1) is 11.1 Å². The molecule has 0 spiro atoms. The lowest BCUT2D eigenvalue weighted by atomic mass is 9.98. The second-order valence-electron chi connectivity index (χ2n) is 8.76. The number of carbonyl (C=O) groups is 4. The third kappa shape index (κ3) is 4.32. The quantitative estimate of drug-likeness (QED) is 0.681. The van der Waals surface area contributed by atoms with E-state index in [-0.39, 0.29) is 23.8 Å². The topological polar surface area (TPSA) is 86.8 Å². The number of fused-ring (bicyclic) bond motifs is 1. The third-order valence-electron chi connectivity index (χ3n) is 6.04. The maximum atomic E-state index is 13.5. The Kier molecular flexibility index (Phi) is 6.41. The van der Waals surface area contributed by atoms with Gasteiger partial charge in [0.1, 0.15) is 6.04 Å². The Morgan fingerprint density at radius 3 is 2.22 bits per heavy atom. The van der Waals surface area contributed by atoms with Crippen LogP contribution >= 0.6 is 11.3 Å². The van der Waals surface area contributed by atoms with Crippen LogP contribution in [0.5, 0.6) is 0 Å². The van der Waals surface area contributed by atoms with Crippen molar-refractivity contribution < 1.29 is 19.2 Å². The molecule has 32 heavy (non-hydrogen) atoms. The highest BCUT2D eigenvalue weighted by atomic mass is 32.1. The van der Waals surface area contributed by atoms with E-state index in [0.717, 1.165) is 4.90 Å². The number of nitrogens with zero attached hydrogens (tertiary/aromatic N) is 2. The van der Waals surface area contributed by atoms with Crippen molar-refractivity contribution in [3.63, 3.8) is 0 Å². The molecule has 1 unspecified atom stereocenters. The van der Waals surface area contributed by atoms with Gasteiger partial charge in [-0.3, -0.25) is 24.1 Å². The van der Waals surface area contributed by atoms with E-state index in [2.05, 4.69) is 5.32 Å². The molecule has 4 rings (SSSR count). The van der Waals surface area contributed by atoms with Crippen molar-refractivity contribution in [1.29, 1.82) is 0 Å². The summed E-state index contributed by atoms with van der Waals surface area (Å²) in [7, 11) is 0. The predicted molar refractivity (Wildman–Crippen MR) is 122 cm³/mol. The number of amides is 4. The van der Waals surface area contributed by atoms with Crippen molar-refractivity contribution in [3.05, 3.63) is 57.8 Å². The molecule has 168 valence electrons. The summed E-state index contributed by atoms with van der Waals surface area (Å²) >= 11 is 1.48. The van der Waals surface area contributed by atoms with Gasteiger partial charge in [0.25, 0.3) is 17.7 Å². The zero-order valence-electron chi connectivity index (χ0n) is 18.2. The fraction of sp³-hybridized carbons (Fsp3) is 0.417. The average molecular weight is 454 g/mol. The summed E-state index contributed by atoms with van der Waals surface area (Å²) in [6.45, 7) is 4.91. The molecular weight excluding hydrogens is 426 g/mol. The lowest BCUT2D eigenvalue weighted by molar-refractivity contribution is -0.137. The van der Waals surface area contributed by atoms with Gasteiger partial charge in [0, 0.05) is 30.1 Å². The number of hydrogen-bond donors (Lipinski definition) is 1. The van der Waals surface area contributed by atoms with E-state index in [1.807, 2.05) is 24.6 Å². The van der Waals surface area contributed by atoms with E-state index in [1.165, 1.54) is 11.3 Å². The Morgan fingerprint density at radius 1 is 1.06 bits per heavy atom. The van der Waals surface area contributed by atoms with Crippen LogP contribution in [-0.2, 0) is 4.79 Å². The fourth-order valence-corrected chi connectivity index (χ4v) is 5.01. The van der Waals surface area contributed by atoms with Crippen LogP contribution in [0, 0.1) is 5.92 Å². The summed E-state index contributed by atoms with van der Waals surface area (Å²) in [5, 5.41) is 6.71. The molecule has 3 heterocycles. The second-order valence-corrected chi connectivity index (χ2v) is 9.54. The predicted octanol–water partition coefficient (Wildman–Crippen LogP) is 3.18. The SMILES string of the molecule is CC(C)CC(C(=O)N1CCC(NC(=O)c2ccsc2)CC1)N1C(=O)c2ccccc2C1=O. The number of rotatable bonds is 6. The van der Waals surface area contributed by atoms with Crippen molar-refractivity contribution >= 4 is 35.0 Å². The smallest absolute Gasteiger partial charge is 0.262 e. The second kappa shape index (κ2) is 9.24. The van der Waals surface area contributed by atoms with Crippen LogP contribution in [0.4, 0.5) is 0 Å². The molecular formula is C24H27N3O4S. The van der Waals surface area contributed by atoms with Gasteiger partial charge in [-0.1, -0.05) is 26.0 Å². The van der Waals surface area contributed by atoms with Crippen LogP contribution in [0.3, 0.4) is 0 Å². The molecule has 0 radical (unpaired) electrons. The first kappa shape index (κ1) is 22.2. The number of carbonyl (C=O) groups excluding carboxylic acids is 4. The van der Waals surface area contributed by atoms with Crippen LogP contribution < -0.4 is 5.32 Å². The number of likely N-dealkylation sites (tertiary alicyclic amines) is 1. The summed E-state index contributed by atoms with van der Waals surface area (Å²) in [4.78, 5) is 54.6. The molecule has 2 aromatic rings. The maximum absolute atomic E-state index is 13.5. The van der Waals surface area contributed by atoms with Gasteiger partial charge in [-0.15, -0.1) is 0 Å². The van der Waals surface area contributed by atoms with Crippen molar-refractivity contribution in [2.75, 3.05) is 13.1 Å². The van der Waals surface area contributed by atoms with Gasteiger partial charge in [0.2, 0.25) is 5.91 Å². The van der Waals surface area contributed by atoms with E-state index in [0.29, 0.717) is 49.0 Å². The number of thiophene rings is 1. The van der Waals surface area contributed by atoms with Crippen LogP contribution in [0.15, 0.2) is 41.1 Å². The standard InChI is InChI=1S/C24H27N3O4S/c1-15(2)13-20(27-22(29)18-5-3-4-6-19(18)23(27)30)24(31)26-10-7-17(8-11-26)25-21(28)16-9-12-32-14-16/h3-6,9,12,14-15,17,20H,7-8,10-11,13H2,1-2H3,(H,25,28). The molecule has 2 aliphatic rings. The average Bonchev–Trinajstić information content (AvgIpc) is 3.40. The minimum Gasteiger partial charge on any atom is -0.349 e. The maximum Gasteiger partial charge on any atom is 0.262 e. The molecule has 4 amide bonds. The van der Waals surface area contributed by atoms with Crippen LogP contribution in [0.1, 0.15) is 64.2 Å². The third-order valence-corrected chi connectivity index (χ3v) is 6.73. The van der Waals surface area contributed by atoms with Crippen molar-refractivity contribution in [2.45, 2.75) is 45.2 Å². The molecule has 1 N–H and O–H groups in total. The number of hydrogen-bond acceptors (Lipinski definition) is 5. The molecule has 1 aromatic carbocycles. The first-order valence-corrected chi connectivity index (χ1v) is 11.9. The van der Waals surface area contributed by atoms with E-state index in [4.69, 9.17) is 0 Å². The van der Waals surface area contributed by atoms with E-state index < -0.39 is 17.9 Å². The molecule has 2 aliphatic heterocycles. The first-order chi connectivity index (χ1) is 15.4. The van der Waals surface area contributed by atoms with Gasteiger partial charge in [-0.25, -0.2) is 0 Å². The lowest BCUT2D eigenvalue weighted by Crippen LogP contribution is -2.54. The highest BCUT2D eigenvalue weighted by molar-refractivity contribution is 7.08. The molecule has 7 nitrogen and oxygen atoms in total. The summed E-state index contributed by atoms with van der Waals surface area (Å²) in [6.07, 6.45) is 1.69. The Labute approximate surface area is 191 Å². The van der Waals surface area contributed by atoms with Crippen molar-refractivity contribution in [1.82, 2.24) is 15.1 Å². The monoisotopic (exact) mass is 453 g/mol. The number of piperidine rings is 1. The molecule has 0 saturated carbocycles. The Hall–Kier alpha value is -3.00. The molecule has 1 saturated heterocycles. The fourth-order valence-electron chi connectivity index (χ4n) is 4.37. The van der Waals surface area contributed by atoms with Gasteiger partial charge in [-0.05, 0) is 48.8 Å². The Balaban J connectivity index is 1.44. The van der Waals surface area contributed by atoms with Crippen LogP contribution in [-0.4, -0.2) is 58.6 Å². The summed E-state index contributed by atoms with van der Waals surface area (Å²) in [5.41, 5.74) is 1.36. The van der Waals surface area contributed by atoms with Gasteiger partial charge in [-0.2, -0.15) is 11.3 Å². The molecule has 1 atom stereocenters. The highest BCUT2D eigenvalue weighted by Gasteiger charge is 2.44. The lowest BCUT2D eigenvalue weighted by Gasteiger charge is -2.36. The number of benzene rings is 1. The normalized spacial score (nSPS) is 17.6. The number of nitrogens with one attached hydrogen (secondary N) is 1. The molecule has 8 heteroatoms. The summed E-state index contributed by atoms with van der Waals surface area (Å²) in [6, 6.07) is 7.68. The Bertz CT molecular complexity index is 991. The molecule has 1 fully saturated rings. The van der Waals surface area contributed by atoms with E-state index in [1.54, 1.807) is 35.2 Å². The van der Waals surface area contributed by atoms with Gasteiger partial charge >= 0.3 is 0 Å². The first-order valence-electron chi connectivity index (χ1n) is 11.0. The van der Waals surface area contributed by atoms with E-state index in [9.17, 15) is 19.2 Å². The zero-order valence-corrected chi connectivity index (χ0v) is 19.1. The van der Waals surface area contributed by atoms with E-state index >= 15 is 0 Å². The highest BCUT2D eigenvalue weighted by Crippen LogP contribution is 2.28. The summed E-state index contributed by atoms with van der Waals surface area (Å²) in [5.74, 6) is -0.962. The zero-order chi connectivity index (χ0) is 22.8. The van der Waals surface area contributed by atoms with Gasteiger partial charge in [0.15, 0.2) is 0 Å². The summed E-state index contributed by atoms with van der Waals surface area (Å²) < 4.78 is 0. The minimum absolute atomic E-state index is 0.00527. The molecule has 0 aliphatic carbocycles. The Morgan fingerprint density at radius 2 is 1.69 bits per heavy atom. The minimum atomic E-state index is -0.820. The number of imide groups is 1. The van der Waals surface area contributed by atoms with Crippen LogP contribution in [0.25, 0.3) is 0 Å². The largest absolute Gasteiger partial charge is 0.349 e. The molecule has 0 bridgehead atoms. The van der Waals surface area contributed by atoms with Crippen molar-refractivity contribution in [2.24, 2.45) is 5.92 Å². The van der Waals surface area contributed by atoms with Gasteiger partial charge < -0.3 is 10.2 Å². The van der Waals surface area contributed by atoms with Crippen molar-refractivity contribution in [3.8, 4) is 0 Å². The molecule has 1 aromatic heterocycles. The van der Waals surface area contributed by atoms with Crippen LogP contribution in [0.2, 0.25) is 0 Å².